The highest BCUT2D eigenvalue weighted by Gasteiger charge is 2.36. The lowest BCUT2D eigenvalue weighted by molar-refractivity contribution is -0.140. The summed E-state index contributed by atoms with van der Waals surface area (Å²) in [6.07, 6.45) is 0. The van der Waals surface area contributed by atoms with Gasteiger partial charge in [0.15, 0.2) is 0 Å². The number of benzene rings is 2. The highest BCUT2D eigenvalue weighted by molar-refractivity contribution is 5.92. The third-order valence-electron chi connectivity index (χ3n) is 5.97. The summed E-state index contributed by atoms with van der Waals surface area (Å²) in [4.78, 5) is 30.8. The van der Waals surface area contributed by atoms with E-state index in [2.05, 4.69) is 27.7 Å². The number of anilines is 1. The van der Waals surface area contributed by atoms with E-state index < -0.39 is 11.6 Å². The summed E-state index contributed by atoms with van der Waals surface area (Å²) >= 11 is 0. The Labute approximate surface area is 209 Å². The smallest absolute Gasteiger partial charge is 0.247 e. The monoisotopic (exact) mass is 480 g/mol. The van der Waals surface area contributed by atoms with Crippen LogP contribution in [0.5, 0.6) is 0 Å². The molecule has 2 amide bonds. The topological polar surface area (TPSA) is 73.9 Å². The molecule has 2 aromatic carbocycles. The van der Waals surface area contributed by atoms with E-state index in [4.69, 9.17) is 4.74 Å². The number of hydrogen-bond donors (Lipinski definition) is 2. The fourth-order valence-corrected chi connectivity index (χ4v) is 4.42. The molecule has 35 heavy (non-hydrogen) atoms. The number of nitrogens with zero attached hydrogens (tertiary/aromatic N) is 2. The number of carbonyl (C=O) groups excluding carboxylic acids is 2. The number of para-hydroxylation sites is 1. The lowest BCUT2D eigenvalue weighted by atomic mass is 9.97. The predicted molar refractivity (Wildman–Crippen MR) is 140 cm³/mol. The first-order valence-electron chi connectivity index (χ1n) is 12.4. The first kappa shape index (κ1) is 26.7. The summed E-state index contributed by atoms with van der Waals surface area (Å²) < 4.78 is 5.91. The van der Waals surface area contributed by atoms with Crippen LogP contribution in [-0.4, -0.2) is 66.6 Å². The van der Waals surface area contributed by atoms with Crippen molar-refractivity contribution in [2.45, 2.75) is 58.3 Å². The molecule has 2 aromatic rings. The number of amides is 2. The molecule has 0 aromatic heterocycles. The second-order valence-electron chi connectivity index (χ2n) is 10.7. The SMILES string of the molecule is CC(C)(C)NC(C)(C)C(=O)N[C@H](COCc1ccccc1)C(=O)N1CCN(c2ccccc2)CC1. The minimum atomic E-state index is -0.845. The Balaban J connectivity index is 1.65. The Morgan fingerprint density at radius 1 is 0.886 bits per heavy atom. The van der Waals surface area contributed by atoms with Gasteiger partial charge in [0.25, 0.3) is 0 Å². The third-order valence-corrected chi connectivity index (χ3v) is 5.97. The number of piperazine rings is 1. The van der Waals surface area contributed by atoms with E-state index in [1.54, 1.807) is 0 Å². The summed E-state index contributed by atoms with van der Waals surface area (Å²) in [6, 6.07) is 19.3. The van der Waals surface area contributed by atoms with Crippen molar-refractivity contribution in [2.24, 2.45) is 0 Å². The average Bonchev–Trinajstić information content (AvgIpc) is 2.83. The van der Waals surface area contributed by atoms with Gasteiger partial charge >= 0.3 is 0 Å². The van der Waals surface area contributed by atoms with E-state index in [1.807, 2.05) is 88.0 Å². The Bertz CT molecular complexity index is 949. The molecule has 2 N–H and O–H groups in total. The fourth-order valence-electron chi connectivity index (χ4n) is 4.42. The molecule has 1 saturated heterocycles. The zero-order chi connectivity index (χ0) is 25.5. The van der Waals surface area contributed by atoms with Crippen molar-refractivity contribution in [3.8, 4) is 0 Å². The van der Waals surface area contributed by atoms with Crippen molar-refractivity contribution in [3.05, 3.63) is 66.2 Å². The standard InChI is InChI=1S/C28H40N4O3/c1-27(2,3)30-28(4,5)26(34)29-24(21-35-20-22-12-8-6-9-13-22)25(33)32-18-16-31(17-19-32)23-14-10-7-11-15-23/h6-15,24,30H,16-21H2,1-5H3,(H,29,34)/t24-/m1/s1. The maximum Gasteiger partial charge on any atom is 0.247 e. The first-order chi connectivity index (χ1) is 16.5. The molecular formula is C28H40N4O3. The maximum atomic E-state index is 13.5. The quantitative estimate of drug-likeness (QED) is 0.577. The van der Waals surface area contributed by atoms with Gasteiger partial charge in [-0.25, -0.2) is 0 Å². The summed E-state index contributed by atoms with van der Waals surface area (Å²) in [5.74, 6) is -0.331. The van der Waals surface area contributed by atoms with Crippen molar-refractivity contribution < 1.29 is 14.3 Å². The van der Waals surface area contributed by atoms with Crippen LogP contribution in [0.25, 0.3) is 0 Å². The number of carbonyl (C=O) groups is 2. The number of ether oxygens (including phenoxy) is 1. The summed E-state index contributed by atoms with van der Waals surface area (Å²) in [7, 11) is 0. The van der Waals surface area contributed by atoms with Gasteiger partial charge in [-0.15, -0.1) is 0 Å². The molecule has 190 valence electrons. The molecular weight excluding hydrogens is 440 g/mol. The molecule has 1 aliphatic heterocycles. The third kappa shape index (κ3) is 8.08. The van der Waals surface area contributed by atoms with Crippen LogP contribution in [0.3, 0.4) is 0 Å². The van der Waals surface area contributed by atoms with Crippen LogP contribution in [0.4, 0.5) is 5.69 Å². The van der Waals surface area contributed by atoms with Crippen LogP contribution in [0, 0.1) is 0 Å². The Kier molecular flexibility index (Phi) is 8.92. The lowest BCUT2D eigenvalue weighted by Crippen LogP contribution is -2.63. The van der Waals surface area contributed by atoms with Crippen LogP contribution < -0.4 is 15.5 Å². The normalized spacial score (nSPS) is 15.6. The van der Waals surface area contributed by atoms with Crippen LogP contribution in [0.2, 0.25) is 0 Å². The Morgan fingerprint density at radius 2 is 1.46 bits per heavy atom. The highest BCUT2D eigenvalue weighted by Crippen LogP contribution is 2.17. The van der Waals surface area contributed by atoms with Gasteiger partial charge in [-0.2, -0.15) is 0 Å². The summed E-state index contributed by atoms with van der Waals surface area (Å²) in [5.41, 5.74) is 1.09. The number of nitrogens with one attached hydrogen (secondary N) is 2. The second kappa shape index (κ2) is 11.7. The minimum absolute atomic E-state index is 0.106. The summed E-state index contributed by atoms with van der Waals surface area (Å²) in [6.45, 7) is 12.9. The number of hydrogen-bond acceptors (Lipinski definition) is 5. The second-order valence-corrected chi connectivity index (χ2v) is 10.7. The Hall–Kier alpha value is -2.90. The van der Waals surface area contributed by atoms with Crippen molar-refractivity contribution in [3.63, 3.8) is 0 Å². The molecule has 1 heterocycles. The van der Waals surface area contributed by atoms with E-state index in [9.17, 15) is 9.59 Å². The van der Waals surface area contributed by atoms with Gasteiger partial charge in [-0.05, 0) is 52.3 Å². The van der Waals surface area contributed by atoms with Gasteiger partial charge in [0.2, 0.25) is 11.8 Å². The molecule has 1 atom stereocenters. The van der Waals surface area contributed by atoms with E-state index in [-0.39, 0.29) is 24.0 Å². The van der Waals surface area contributed by atoms with Crippen LogP contribution in [-0.2, 0) is 20.9 Å². The molecule has 0 bridgehead atoms. The summed E-state index contributed by atoms with van der Waals surface area (Å²) in [5, 5.41) is 6.32. The Morgan fingerprint density at radius 3 is 2.03 bits per heavy atom. The zero-order valence-corrected chi connectivity index (χ0v) is 21.7. The van der Waals surface area contributed by atoms with Gasteiger partial charge in [0.1, 0.15) is 6.04 Å². The molecule has 0 spiro atoms. The molecule has 0 saturated carbocycles. The highest BCUT2D eigenvalue weighted by atomic mass is 16.5. The fraction of sp³-hybridized carbons (Fsp3) is 0.500. The van der Waals surface area contributed by atoms with Gasteiger partial charge in [0, 0.05) is 37.4 Å². The zero-order valence-electron chi connectivity index (χ0n) is 21.7. The predicted octanol–water partition coefficient (Wildman–Crippen LogP) is 3.20. The van der Waals surface area contributed by atoms with Crippen LogP contribution in [0.15, 0.2) is 60.7 Å². The molecule has 3 rings (SSSR count). The van der Waals surface area contributed by atoms with Crippen molar-refractivity contribution in [1.82, 2.24) is 15.5 Å². The van der Waals surface area contributed by atoms with Gasteiger partial charge in [-0.1, -0.05) is 48.5 Å². The van der Waals surface area contributed by atoms with Gasteiger partial charge < -0.3 is 19.9 Å². The van der Waals surface area contributed by atoms with Crippen molar-refractivity contribution >= 4 is 17.5 Å². The van der Waals surface area contributed by atoms with Crippen LogP contribution >= 0.6 is 0 Å². The molecule has 1 fully saturated rings. The molecule has 7 nitrogen and oxygen atoms in total. The largest absolute Gasteiger partial charge is 0.374 e. The molecule has 0 unspecified atom stereocenters. The number of rotatable bonds is 9. The van der Waals surface area contributed by atoms with E-state index in [0.29, 0.717) is 19.7 Å². The minimum Gasteiger partial charge on any atom is -0.374 e. The molecule has 1 aliphatic rings. The molecule has 7 heteroatoms. The van der Waals surface area contributed by atoms with E-state index in [0.717, 1.165) is 24.3 Å². The van der Waals surface area contributed by atoms with Gasteiger partial charge in [-0.3, -0.25) is 14.9 Å². The van der Waals surface area contributed by atoms with Crippen molar-refractivity contribution in [2.75, 3.05) is 37.7 Å². The maximum absolute atomic E-state index is 13.5. The molecule has 0 radical (unpaired) electrons. The lowest BCUT2D eigenvalue weighted by Gasteiger charge is -2.38. The van der Waals surface area contributed by atoms with Crippen molar-refractivity contribution in [1.29, 1.82) is 0 Å². The van der Waals surface area contributed by atoms with E-state index >= 15 is 0 Å². The average molecular weight is 481 g/mol. The van der Waals surface area contributed by atoms with E-state index in [1.165, 1.54) is 0 Å². The first-order valence-corrected chi connectivity index (χ1v) is 12.4. The van der Waals surface area contributed by atoms with Crippen LogP contribution in [0.1, 0.15) is 40.2 Å². The van der Waals surface area contributed by atoms with Gasteiger partial charge in [0.05, 0.1) is 18.8 Å². The molecule has 0 aliphatic carbocycles.